The highest BCUT2D eigenvalue weighted by Crippen LogP contribution is 2.24. The molecule has 1 aliphatic heterocycles. The highest BCUT2D eigenvalue weighted by molar-refractivity contribution is 5.71. The highest BCUT2D eigenvalue weighted by atomic mass is 16.5. The molecule has 0 saturated carbocycles. The van der Waals surface area contributed by atoms with Crippen LogP contribution in [-0.4, -0.2) is 34.8 Å². The first kappa shape index (κ1) is 15.1. The Morgan fingerprint density at radius 3 is 3.12 bits per heavy atom. The number of rotatable bonds is 5. The Kier molecular flexibility index (Phi) is 4.15. The van der Waals surface area contributed by atoms with Gasteiger partial charge in [-0.1, -0.05) is 18.2 Å². The predicted octanol–water partition coefficient (Wildman–Crippen LogP) is 2.30. The quantitative estimate of drug-likeness (QED) is 0.780. The van der Waals surface area contributed by atoms with Gasteiger partial charge in [0.25, 0.3) is 0 Å². The van der Waals surface area contributed by atoms with Crippen LogP contribution in [0.1, 0.15) is 17.4 Å². The summed E-state index contributed by atoms with van der Waals surface area (Å²) in [7, 11) is 1.70. The average Bonchev–Trinajstić information content (AvgIpc) is 3.01. The Bertz CT molecular complexity index is 846. The van der Waals surface area contributed by atoms with Crippen LogP contribution in [-0.2, 0) is 17.9 Å². The summed E-state index contributed by atoms with van der Waals surface area (Å²) in [5.74, 6) is 1.85. The Morgan fingerprint density at radius 2 is 2.21 bits per heavy atom. The summed E-state index contributed by atoms with van der Waals surface area (Å²) in [5, 5.41) is 3.51. The molecular formula is C18H20N4O2. The summed E-state index contributed by atoms with van der Waals surface area (Å²) >= 11 is 0. The summed E-state index contributed by atoms with van der Waals surface area (Å²) in [5.41, 5.74) is 3.00. The van der Waals surface area contributed by atoms with Gasteiger partial charge in [0.1, 0.15) is 23.7 Å². The molecule has 0 fully saturated rings. The van der Waals surface area contributed by atoms with Crippen molar-refractivity contribution in [3.8, 4) is 5.75 Å². The van der Waals surface area contributed by atoms with Gasteiger partial charge in [0.15, 0.2) is 5.65 Å². The summed E-state index contributed by atoms with van der Waals surface area (Å²) in [6.45, 7) is 2.73. The lowest BCUT2D eigenvalue weighted by Gasteiger charge is -2.26. The summed E-state index contributed by atoms with van der Waals surface area (Å²) in [6.07, 6.45) is 1.81. The maximum atomic E-state index is 5.71. The van der Waals surface area contributed by atoms with Crippen LogP contribution >= 0.6 is 0 Å². The Morgan fingerprint density at radius 1 is 1.29 bits per heavy atom. The van der Waals surface area contributed by atoms with Crippen molar-refractivity contribution in [1.29, 1.82) is 0 Å². The number of imidazole rings is 1. The second kappa shape index (κ2) is 6.59. The van der Waals surface area contributed by atoms with E-state index in [1.165, 1.54) is 0 Å². The number of fused-ring (bicyclic) bond motifs is 3. The molecule has 3 heterocycles. The van der Waals surface area contributed by atoms with Gasteiger partial charge in [-0.25, -0.2) is 9.97 Å². The Hall–Kier alpha value is -2.44. The lowest BCUT2D eigenvalue weighted by molar-refractivity contribution is 0.0561. The van der Waals surface area contributed by atoms with Crippen LogP contribution in [0.3, 0.4) is 0 Å². The number of nitrogens with zero attached hydrogens (tertiary/aromatic N) is 3. The number of para-hydroxylation sites is 1. The molecule has 1 aliphatic rings. The van der Waals surface area contributed by atoms with Crippen molar-refractivity contribution in [1.82, 2.24) is 19.9 Å². The third kappa shape index (κ3) is 2.74. The van der Waals surface area contributed by atoms with Crippen molar-refractivity contribution in [2.75, 3.05) is 20.3 Å². The molecule has 0 amide bonds. The summed E-state index contributed by atoms with van der Waals surface area (Å²) < 4.78 is 13.3. The van der Waals surface area contributed by atoms with Crippen molar-refractivity contribution in [3.63, 3.8) is 0 Å². The Balaban J connectivity index is 1.51. The van der Waals surface area contributed by atoms with Crippen molar-refractivity contribution >= 4 is 11.2 Å². The molecule has 1 N–H and O–H groups in total. The van der Waals surface area contributed by atoms with Crippen LogP contribution in [0, 0.1) is 0 Å². The van der Waals surface area contributed by atoms with E-state index in [9.17, 15) is 0 Å². The van der Waals surface area contributed by atoms with Crippen molar-refractivity contribution in [3.05, 3.63) is 54.0 Å². The van der Waals surface area contributed by atoms with E-state index in [4.69, 9.17) is 9.47 Å². The van der Waals surface area contributed by atoms with Gasteiger partial charge in [-0.05, 0) is 18.2 Å². The van der Waals surface area contributed by atoms with E-state index in [0.717, 1.165) is 41.4 Å². The molecule has 6 nitrogen and oxygen atoms in total. The minimum atomic E-state index is 0.184. The molecule has 124 valence electrons. The molecule has 0 spiro atoms. The van der Waals surface area contributed by atoms with E-state index in [1.807, 2.05) is 36.5 Å². The van der Waals surface area contributed by atoms with Gasteiger partial charge in [-0.15, -0.1) is 0 Å². The number of methoxy groups -OCH3 is 1. The number of ether oxygens (including phenoxy) is 2. The van der Waals surface area contributed by atoms with Gasteiger partial charge >= 0.3 is 0 Å². The van der Waals surface area contributed by atoms with E-state index in [0.29, 0.717) is 13.2 Å². The fourth-order valence-corrected chi connectivity index (χ4v) is 3.20. The number of hydrogen-bond acceptors (Lipinski definition) is 5. The van der Waals surface area contributed by atoms with Gasteiger partial charge < -0.3 is 19.4 Å². The summed E-state index contributed by atoms with van der Waals surface area (Å²) in [4.78, 5) is 9.12. The van der Waals surface area contributed by atoms with Crippen LogP contribution in [0.4, 0.5) is 0 Å². The molecule has 6 heteroatoms. The van der Waals surface area contributed by atoms with Crippen LogP contribution in [0.25, 0.3) is 11.2 Å². The molecule has 0 saturated heterocycles. The molecule has 24 heavy (non-hydrogen) atoms. The maximum Gasteiger partial charge on any atom is 0.160 e. The van der Waals surface area contributed by atoms with Gasteiger partial charge in [0, 0.05) is 24.8 Å². The highest BCUT2D eigenvalue weighted by Gasteiger charge is 2.24. The van der Waals surface area contributed by atoms with Gasteiger partial charge in [-0.2, -0.15) is 0 Å². The van der Waals surface area contributed by atoms with E-state index in [1.54, 1.807) is 7.11 Å². The molecule has 1 aromatic carbocycles. The number of hydrogen-bond donors (Lipinski definition) is 1. The SMILES string of the molecule is COc1ccccc1CNC[C@H]1COCc2nc3cccnc3n21. The number of pyridine rings is 1. The molecule has 0 aliphatic carbocycles. The first-order chi connectivity index (χ1) is 11.9. The first-order valence-corrected chi connectivity index (χ1v) is 8.09. The predicted molar refractivity (Wildman–Crippen MR) is 90.9 cm³/mol. The Labute approximate surface area is 140 Å². The monoisotopic (exact) mass is 324 g/mol. The first-order valence-electron chi connectivity index (χ1n) is 8.09. The minimum absolute atomic E-state index is 0.184. The molecule has 1 atom stereocenters. The van der Waals surface area contributed by atoms with Crippen molar-refractivity contribution in [2.24, 2.45) is 0 Å². The van der Waals surface area contributed by atoms with Crippen molar-refractivity contribution < 1.29 is 9.47 Å². The van der Waals surface area contributed by atoms with E-state index < -0.39 is 0 Å². The molecule has 4 rings (SSSR count). The van der Waals surface area contributed by atoms with Crippen molar-refractivity contribution in [2.45, 2.75) is 19.2 Å². The van der Waals surface area contributed by atoms with E-state index in [2.05, 4.69) is 25.9 Å². The minimum Gasteiger partial charge on any atom is -0.496 e. The second-order valence-electron chi connectivity index (χ2n) is 5.86. The largest absolute Gasteiger partial charge is 0.496 e. The van der Waals surface area contributed by atoms with Crippen LogP contribution in [0.5, 0.6) is 5.75 Å². The normalized spacial score (nSPS) is 17.0. The average molecular weight is 324 g/mol. The molecule has 2 aromatic heterocycles. The third-order valence-corrected chi connectivity index (χ3v) is 4.32. The summed E-state index contributed by atoms with van der Waals surface area (Å²) in [6, 6.07) is 12.1. The van der Waals surface area contributed by atoms with Crippen LogP contribution in [0.2, 0.25) is 0 Å². The number of nitrogens with one attached hydrogen (secondary N) is 1. The molecule has 0 bridgehead atoms. The lowest BCUT2D eigenvalue weighted by atomic mass is 10.2. The topological polar surface area (TPSA) is 61.2 Å². The van der Waals surface area contributed by atoms with Gasteiger partial charge in [-0.3, -0.25) is 0 Å². The molecular weight excluding hydrogens is 304 g/mol. The fourth-order valence-electron chi connectivity index (χ4n) is 3.20. The third-order valence-electron chi connectivity index (χ3n) is 4.32. The fraction of sp³-hybridized carbons (Fsp3) is 0.333. The zero-order valence-electron chi connectivity index (χ0n) is 13.6. The smallest absolute Gasteiger partial charge is 0.160 e. The lowest BCUT2D eigenvalue weighted by Crippen LogP contribution is -2.32. The number of benzene rings is 1. The van der Waals surface area contributed by atoms with Gasteiger partial charge in [0.2, 0.25) is 0 Å². The molecule has 0 unspecified atom stereocenters. The molecule has 3 aromatic rings. The number of aromatic nitrogens is 3. The van der Waals surface area contributed by atoms with Crippen LogP contribution in [0.15, 0.2) is 42.6 Å². The standard InChI is InChI=1S/C18H20N4O2/c1-23-16-7-3-2-5-13(16)9-19-10-14-11-24-12-17-21-15-6-4-8-20-18(15)22(14)17/h2-8,14,19H,9-12H2,1H3/t14-/m0/s1. The van der Waals surface area contributed by atoms with E-state index in [-0.39, 0.29) is 6.04 Å². The second-order valence-corrected chi connectivity index (χ2v) is 5.86. The maximum absolute atomic E-state index is 5.71. The van der Waals surface area contributed by atoms with Crippen LogP contribution < -0.4 is 10.1 Å². The zero-order chi connectivity index (χ0) is 16.4. The zero-order valence-corrected chi connectivity index (χ0v) is 13.6. The van der Waals surface area contributed by atoms with Gasteiger partial charge in [0.05, 0.1) is 19.8 Å². The van der Waals surface area contributed by atoms with E-state index >= 15 is 0 Å². The molecule has 0 radical (unpaired) electrons.